The van der Waals surface area contributed by atoms with Crippen LogP contribution < -0.4 is 5.32 Å². The normalized spacial score (nSPS) is 23.9. The van der Waals surface area contributed by atoms with Gasteiger partial charge >= 0.3 is 11.9 Å². The third-order valence-electron chi connectivity index (χ3n) is 3.72. The summed E-state index contributed by atoms with van der Waals surface area (Å²) in [6.45, 7) is 5.28. The second-order valence-electron chi connectivity index (χ2n) is 5.68. The topological polar surface area (TPSA) is 95.9 Å². The summed E-state index contributed by atoms with van der Waals surface area (Å²) in [5, 5.41) is 22.0. The molecule has 0 amide bonds. The van der Waals surface area contributed by atoms with Crippen molar-refractivity contribution in [2.75, 3.05) is 13.2 Å². The summed E-state index contributed by atoms with van der Waals surface area (Å²) in [6, 6.07) is 0.209. The van der Waals surface area contributed by atoms with E-state index in [1.807, 2.05) is 0 Å². The van der Waals surface area contributed by atoms with E-state index in [0.29, 0.717) is 25.0 Å². The van der Waals surface area contributed by atoms with Crippen molar-refractivity contribution in [3.63, 3.8) is 0 Å². The number of carbonyl (C=O) groups is 2. The fourth-order valence-electron chi connectivity index (χ4n) is 2.41. The molecule has 1 aliphatic carbocycles. The summed E-state index contributed by atoms with van der Waals surface area (Å²) in [7, 11) is 0. The minimum atomic E-state index is -0.771. The first kappa shape index (κ1) is 17.7. The van der Waals surface area contributed by atoms with Gasteiger partial charge in [-0.2, -0.15) is 0 Å². The van der Waals surface area contributed by atoms with Crippen LogP contribution in [0.3, 0.4) is 0 Å². The fourth-order valence-corrected chi connectivity index (χ4v) is 2.41. The average Bonchev–Trinajstić information content (AvgIpc) is 2.67. The number of carbonyl (C=O) groups excluding carboxylic acids is 1. The first-order valence-electron chi connectivity index (χ1n) is 7.37. The SMILES string of the molecule is C=C(C)C(=O)OCC(O)CNC1CCCC(C(=O)O)CC1. The van der Waals surface area contributed by atoms with Crippen molar-refractivity contribution in [1.82, 2.24) is 5.32 Å². The number of hydrogen-bond donors (Lipinski definition) is 3. The fraction of sp³-hybridized carbons (Fsp3) is 0.733. The molecule has 0 aliphatic heterocycles. The molecule has 0 radical (unpaired) electrons. The molecule has 120 valence electrons. The number of nitrogens with one attached hydrogen (secondary N) is 1. The van der Waals surface area contributed by atoms with E-state index in [2.05, 4.69) is 11.9 Å². The molecule has 6 nitrogen and oxygen atoms in total. The number of rotatable bonds is 7. The number of ether oxygens (including phenoxy) is 1. The maximum absolute atomic E-state index is 11.2. The standard InChI is InChI=1S/C15H25NO5/c1-10(2)15(20)21-9-13(17)8-16-12-5-3-4-11(6-7-12)14(18)19/h11-13,16-17H,1,3-9H2,2H3,(H,18,19). The summed E-state index contributed by atoms with van der Waals surface area (Å²) in [6.07, 6.45) is 3.17. The van der Waals surface area contributed by atoms with Crippen molar-refractivity contribution in [2.45, 2.75) is 51.2 Å². The molecule has 0 aromatic rings. The van der Waals surface area contributed by atoms with Crippen molar-refractivity contribution in [2.24, 2.45) is 5.92 Å². The van der Waals surface area contributed by atoms with Gasteiger partial charge in [0.15, 0.2) is 0 Å². The monoisotopic (exact) mass is 299 g/mol. The van der Waals surface area contributed by atoms with Crippen molar-refractivity contribution in [1.29, 1.82) is 0 Å². The molecule has 0 bridgehead atoms. The van der Waals surface area contributed by atoms with Gasteiger partial charge in [-0.25, -0.2) is 4.79 Å². The van der Waals surface area contributed by atoms with E-state index < -0.39 is 18.0 Å². The Morgan fingerprint density at radius 2 is 2.05 bits per heavy atom. The van der Waals surface area contributed by atoms with Gasteiger partial charge in [0.1, 0.15) is 12.7 Å². The largest absolute Gasteiger partial charge is 0.481 e. The van der Waals surface area contributed by atoms with Gasteiger partial charge in [0, 0.05) is 18.2 Å². The van der Waals surface area contributed by atoms with Crippen LogP contribution in [0.15, 0.2) is 12.2 Å². The molecule has 1 fully saturated rings. The second-order valence-corrected chi connectivity index (χ2v) is 5.68. The predicted octanol–water partition coefficient (Wildman–Crippen LogP) is 1.09. The number of esters is 1. The highest BCUT2D eigenvalue weighted by molar-refractivity contribution is 5.86. The Kier molecular flexibility index (Phi) is 7.39. The van der Waals surface area contributed by atoms with Crippen LogP contribution in [-0.2, 0) is 14.3 Å². The molecule has 1 saturated carbocycles. The van der Waals surface area contributed by atoms with Crippen molar-refractivity contribution >= 4 is 11.9 Å². The molecule has 21 heavy (non-hydrogen) atoms. The van der Waals surface area contributed by atoms with Gasteiger partial charge in [0.05, 0.1) is 5.92 Å². The van der Waals surface area contributed by atoms with E-state index in [4.69, 9.17) is 9.84 Å². The highest BCUT2D eigenvalue weighted by Gasteiger charge is 2.23. The van der Waals surface area contributed by atoms with E-state index >= 15 is 0 Å². The zero-order valence-electron chi connectivity index (χ0n) is 12.5. The lowest BCUT2D eigenvalue weighted by molar-refractivity contribution is -0.142. The lowest BCUT2D eigenvalue weighted by Crippen LogP contribution is -2.37. The smallest absolute Gasteiger partial charge is 0.333 e. The van der Waals surface area contributed by atoms with Gasteiger partial charge in [-0.3, -0.25) is 4.79 Å². The first-order chi connectivity index (χ1) is 9.90. The van der Waals surface area contributed by atoms with Gasteiger partial charge in [-0.1, -0.05) is 13.0 Å². The Hall–Kier alpha value is -1.40. The highest BCUT2D eigenvalue weighted by Crippen LogP contribution is 2.23. The third-order valence-corrected chi connectivity index (χ3v) is 3.72. The number of aliphatic carboxylic acids is 1. The van der Waals surface area contributed by atoms with E-state index in [-0.39, 0.29) is 18.6 Å². The van der Waals surface area contributed by atoms with Crippen LogP contribution in [-0.4, -0.2) is 47.4 Å². The van der Waals surface area contributed by atoms with Gasteiger partial charge in [-0.05, 0) is 32.6 Å². The molecule has 0 spiro atoms. The zero-order chi connectivity index (χ0) is 15.8. The van der Waals surface area contributed by atoms with Crippen LogP contribution in [0.5, 0.6) is 0 Å². The van der Waals surface area contributed by atoms with Crippen LogP contribution in [0.2, 0.25) is 0 Å². The maximum atomic E-state index is 11.2. The predicted molar refractivity (Wildman–Crippen MR) is 77.8 cm³/mol. The van der Waals surface area contributed by atoms with Gasteiger partial charge in [0.2, 0.25) is 0 Å². The minimum Gasteiger partial charge on any atom is -0.481 e. The first-order valence-corrected chi connectivity index (χ1v) is 7.37. The number of aliphatic hydroxyl groups excluding tert-OH is 1. The molecule has 0 heterocycles. The van der Waals surface area contributed by atoms with Crippen LogP contribution >= 0.6 is 0 Å². The Labute approximate surface area is 125 Å². The zero-order valence-corrected chi connectivity index (χ0v) is 12.5. The molecule has 0 saturated heterocycles. The maximum Gasteiger partial charge on any atom is 0.333 e. The molecule has 1 aliphatic rings. The molecule has 1 rings (SSSR count). The molecular formula is C15H25NO5. The van der Waals surface area contributed by atoms with Gasteiger partial charge in [0.25, 0.3) is 0 Å². The average molecular weight is 299 g/mol. The Balaban J connectivity index is 2.23. The number of hydrogen-bond acceptors (Lipinski definition) is 5. The summed E-state index contributed by atoms with van der Waals surface area (Å²) >= 11 is 0. The third kappa shape index (κ3) is 6.73. The van der Waals surface area contributed by atoms with Crippen molar-refractivity contribution in [3.05, 3.63) is 12.2 Å². The molecule has 3 N–H and O–H groups in total. The van der Waals surface area contributed by atoms with E-state index in [1.54, 1.807) is 6.92 Å². The lowest BCUT2D eigenvalue weighted by Gasteiger charge is -2.19. The van der Waals surface area contributed by atoms with E-state index in [9.17, 15) is 14.7 Å². The summed E-state index contributed by atoms with van der Waals surface area (Å²) in [5.74, 6) is -1.48. The summed E-state index contributed by atoms with van der Waals surface area (Å²) in [4.78, 5) is 22.2. The van der Waals surface area contributed by atoms with Crippen LogP contribution in [0.25, 0.3) is 0 Å². The molecule has 0 aromatic heterocycles. The number of aliphatic hydroxyl groups is 1. The molecule has 3 unspecified atom stereocenters. The number of carboxylic acid groups (broad SMARTS) is 1. The van der Waals surface area contributed by atoms with E-state index in [0.717, 1.165) is 19.3 Å². The molecular weight excluding hydrogens is 274 g/mol. The summed E-state index contributed by atoms with van der Waals surface area (Å²) < 4.78 is 4.87. The summed E-state index contributed by atoms with van der Waals surface area (Å²) in [5.41, 5.74) is 0.304. The minimum absolute atomic E-state index is 0.0663. The Morgan fingerprint density at radius 3 is 2.67 bits per heavy atom. The van der Waals surface area contributed by atoms with Gasteiger partial charge < -0.3 is 20.3 Å². The molecule has 0 aromatic carbocycles. The Bertz CT molecular complexity index is 382. The van der Waals surface area contributed by atoms with Gasteiger partial charge in [-0.15, -0.1) is 0 Å². The van der Waals surface area contributed by atoms with Crippen molar-refractivity contribution < 1.29 is 24.5 Å². The van der Waals surface area contributed by atoms with Crippen molar-refractivity contribution in [3.8, 4) is 0 Å². The van der Waals surface area contributed by atoms with Crippen LogP contribution in [0.1, 0.15) is 39.0 Å². The number of carboxylic acids is 1. The quantitative estimate of drug-likeness (QED) is 0.370. The Morgan fingerprint density at radius 1 is 1.33 bits per heavy atom. The van der Waals surface area contributed by atoms with E-state index in [1.165, 1.54) is 0 Å². The molecule has 3 atom stereocenters. The molecule has 6 heteroatoms. The highest BCUT2D eigenvalue weighted by atomic mass is 16.5. The lowest BCUT2D eigenvalue weighted by atomic mass is 10.0. The second kappa shape index (κ2) is 8.79. The van der Waals surface area contributed by atoms with Crippen LogP contribution in [0, 0.1) is 5.92 Å². The van der Waals surface area contributed by atoms with Crippen LogP contribution in [0.4, 0.5) is 0 Å².